The predicted octanol–water partition coefficient (Wildman–Crippen LogP) is 3.57. The van der Waals surface area contributed by atoms with Crippen LogP contribution in [0.2, 0.25) is 0 Å². The van der Waals surface area contributed by atoms with Crippen LogP contribution in [0.1, 0.15) is 88.3 Å². The second kappa shape index (κ2) is 6.25. The van der Waals surface area contributed by atoms with Crippen molar-refractivity contribution in [3.8, 4) is 0 Å². The van der Waals surface area contributed by atoms with Gasteiger partial charge in [-0.25, -0.2) is 0 Å². The van der Waals surface area contributed by atoms with Gasteiger partial charge in [0.15, 0.2) is 5.82 Å². The maximum atomic E-state index is 9.42. The smallest absolute Gasteiger partial charge is 0.159 e. The summed E-state index contributed by atoms with van der Waals surface area (Å²) in [5.41, 5.74) is 0. The zero-order valence-corrected chi connectivity index (χ0v) is 12.6. The van der Waals surface area contributed by atoms with E-state index in [2.05, 4.69) is 21.7 Å². The third-order valence-electron chi connectivity index (χ3n) is 5.02. The molecule has 2 aliphatic carbocycles. The Kier molecular flexibility index (Phi) is 4.39. The van der Waals surface area contributed by atoms with E-state index >= 15 is 0 Å². The van der Waals surface area contributed by atoms with Crippen LogP contribution in [0.15, 0.2) is 0 Å². The van der Waals surface area contributed by atoms with Crippen LogP contribution in [-0.2, 0) is 6.61 Å². The monoisotopic (exact) mass is 277 g/mol. The lowest BCUT2D eigenvalue weighted by atomic mass is 9.79. The molecule has 0 atom stereocenters. The van der Waals surface area contributed by atoms with Gasteiger partial charge in [-0.05, 0) is 44.4 Å². The quantitative estimate of drug-likeness (QED) is 0.864. The number of aliphatic hydroxyl groups excluding tert-OH is 1. The molecule has 0 spiro atoms. The summed E-state index contributed by atoms with van der Waals surface area (Å²) in [6.45, 7) is 2.30. The molecule has 20 heavy (non-hydrogen) atoms. The van der Waals surface area contributed by atoms with E-state index in [0.29, 0.717) is 12.0 Å². The van der Waals surface area contributed by atoms with Crippen molar-refractivity contribution in [3.63, 3.8) is 0 Å². The molecule has 1 heterocycles. The highest BCUT2D eigenvalue weighted by Gasteiger charge is 2.33. The molecule has 112 valence electrons. The van der Waals surface area contributed by atoms with Crippen molar-refractivity contribution in [2.45, 2.75) is 83.3 Å². The number of unbranched alkanes of at least 4 members (excludes halogenated alkanes) is 1. The highest BCUT2D eigenvalue weighted by Crippen LogP contribution is 2.42. The second-order valence-electron chi connectivity index (χ2n) is 6.59. The lowest BCUT2D eigenvalue weighted by molar-refractivity contribution is 0.261. The molecule has 0 amide bonds. The van der Waals surface area contributed by atoms with Gasteiger partial charge in [-0.15, -0.1) is 10.2 Å². The molecule has 4 nitrogen and oxygen atoms in total. The Balaban J connectivity index is 1.64. The predicted molar refractivity (Wildman–Crippen MR) is 78.4 cm³/mol. The van der Waals surface area contributed by atoms with Crippen LogP contribution in [0, 0.1) is 5.92 Å². The summed E-state index contributed by atoms with van der Waals surface area (Å²) in [4.78, 5) is 0. The first-order chi connectivity index (χ1) is 9.83. The molecule has 1 N–H and O–H groups in total. The third-order valence-corrected chi connectivity index (χ3v) is 5.02. The molecule has 0 bridgehead atoms. The van der Waals surface area contributed by atoms with Gasteiger partial charge in [-0.2, -0.15) is 0 Å². The van der Waals surface area contributed by atoms with Gasteiger partial charge in [0.1, 0.15) is 12.4 Å². The van der Waals surface area contributed by atoms with Crippen molar-refractivity contribution in [1.29, 1.82) is 0 Å². The molecule has 4 heteroatoms. The van der Waals surface area contributed by atoms with Gasteiger partial charge in [0.2, 0.25) is 0 Å². The fourth-order valence-electron chi connectivity index (χ4n) is 3.66. The first-order valence-electron chi connectivity index (χ1n) is 8.38. The summed E-state index contributed by atoms with van der Waals surface area (Å²) in [7, 11) is 0. The summed E-state index contributed by atoms with van der Waals surface area (Å²) in [5, 5.41) is 18.0. The van der Waals surface area contributed by atoms with Gasteiger partial charge in [-0.1, -0.05) is 26.2 Å². The fraction of sp³-hybridized carbons (Fsp3) is 0.875. The number of hydrogen-bond donors (Lipinski definition) is 1. The van der Waals surface area contributed by atoms with Gasteiger partial charge in [0, 0.05) is 12.0 Å². The van der Waals surface area contributed by atoms with E-state index in [1.165, 1.54) is 57.8 Å². The average molecular weight is 277 g/mol. The molecule has 1 aromatic rings. The van der Waals surface area contributed by atoms with Gasteiger partial charge in [-0.3, -0.25) is 0 Å². The Labute approximate surface area is 121 Å². The van der Waals surface area contributed by atoms with Crippen LogP contribution in [0.5, 0.6) is 0 Å². The largest absolute Gasteiger partial charge is 0.388 e. The van der Waals surface area contributed by atoms with E-state index < -0.39 is 0 Å². The molecule has 3 rings (SSSR count). The maximum Gasteiger partial charge on any atom is 0.159 e. The van der Waals surface area contributed by atoms with Crippen LogP contribution >= 0.6 is 0 Å². The number of hydrogen-bond acceptors (Lipinski definition) is 3. The van der Waals surface area contributed by atoms with Crippen molar-refractivity contribution in [3.05, 3.63) is 11.6 Å². The SMILES string of the molecule is CCCCC1CCC(c2nnc(CO)n2C2CC2)CC1. The van der Waals surface area contributed by atoms with E-state index in [-0.39, 0.29) is 6.61 Å². The topological polar surface area (TPSA) is 50.9 Å². The minimum absolute atomic E-state index is 0.0232. The van der Waals surface area contributed by atoms with E-state index in [4.69, 9.17) is 0 Å². The lowest BCUT2D eigenvalue weighted by Crippen LogP contribution is -2.17. The minimum Gasteiger partial charge on any atom is -0.388 e. The summed E-state index contributed by atoms with van der Waals surface area (Å²) >= 11 is 0. The van der Waals surface area contributed by atoms with Crippen molar-refractivity contribution in [2.75, 3.05) is 0 Å². The maximum absolute atomic E-state index is 9.42. The molecule has 0 unspecified atom stereocenters. The van der Waals surface area contributed by atoms with Gasteiger partial charge in [0.05, 0.1) is 0 Å². The lowest BCUT2D eigenvalue weighted by Gasteiger charge is -2.28. The zero-order chi connectivity index (χ0) is 13.9. The highest BCUT2D eigenvalue weighted by molar-refractivity contribution is 5.08. The number of aliphatic hydroxyl groups is 1. The van der Waals surface area contributed by atoms with E-state index in [9.17, 15) is 5.11 Å². The Morgan fingerprint density at radius 3 is 2.45 bits per heavy atom. The number of aromatic nitrogens is 3. The first kappa shape index (κ1) is 14.1. The Hall–Kier alpha value is -0.900. The van der Waals surface area contributed by atoms with Crippen LogP contribution in [0.3, 0.4) is 0 Å². The summed E-state index contributed by atoms with van der Waals surface area (Å²) in [6, 6.07) is 0.569. The Bertz CT molecular complexity index is 431. The van der Waals surface area contributed by atoms with Crippen molar-refractivity contribution in [2.24, 2.45) is 5.92 Å². The molecule has 0 aliphatic heterocycles. The normalized spacial score (nSPS) is 26.9. The summed E-state index contributed by atoms with van der Waals surface area (Å²) in [6.07, 6.45) is 11.7. The Morgan fingerprint density at radius 2 is 1.85 bits per heavy atom. The minimum atomic E-state index is 0.0232. The third kappa shape index (κ3) is 2.90. The van der Waals surface area contributed by atoms with Crippen LogP contribution in [0.25, 0.3) is 0 Å². The standard InChI is InChI=1S/C16H27N3O/c1-2-3-4-12-5-7-13(8-6-12)16-18-17-15(11-20)19(16)14-9-10-14/h12-14,20H,2-11H2,1H3. The van der Waals surface area contributed by atoms with E-state index in [1.807, 2.05) is 0 Å². The van der Waals surface area contributed by atoms with Gasteiger partial charge >= 0.3 is 0 Å². The molecule has 1 aromatic heterocycles. The van der Waals surface area contributed by atoms with E-state index in [1.54, 1.807) is 0 Å². The Morgan fingerprint density at radius 1 is 1.10 bits per heavy atom. The first-order valence-corrected chi connectivity index (χ1v) is 8.38. The average Bonchev–Trinajstić information content (AvgIpc) is 3.24. The van der Waals surface area contributed by atoms with Crippen molar-refractivity contribution < 1.29 is 5.11 Å². The van der Waals surface area contributed by atoms with Gasteiger partial charge < -0.3 is 9.67 Å². The molecule has 0 radical (unpaired) electrons. The van der Waals surface area contributed by atoms with Crippen LogP contribution in [0.4, 0.5) is 0 Å². The zero-order valence-electron chi connectivity index (χ0n) is 12.6. The second-order valence-corrected chi connectivity index (χ2v) is 6.59. The molecular weight excluding hydrogens is 250 g/mol. The molecule has 2 saturated carbocycles. The van der Waals surface area contributed by atoms with E-state index in [0.717, 1.165) is 17.6 Å². The van der Waals surface area contributed by atoms with Crippen LogP contribution in [-0.4, -0.2) is 19.9 Å². The summed E-state index contributed by atoms with van der Waals surface area (Å²) < 4.78 is 2.25. The number of rotatable bonds is 6. The molecule has 2 aliphatic rings. The molecule has 0 aromatic carbocycles. The van der Waals surface area contributed by atoms with Crippen molar-refractivity contribution >= 4 is 0 Å². The molecule has 2 fully saturated rings. The summed E-state index contributed by atoms with van der Waals surface area (Å²) in [5.74, 6) is 3.43. The number of nitrogens with zero attached hydrogens (tertiary/aromatic N) is 3. The van der Waals surface area contributed by atoms with Crippen molar-refractivity contribution in [1.82, 2.24) is 14.8 Å². The van der Waals surface area contributed by atoms with Crippen LogP contribution < -0.4 is 0 Å². The van der Waals surface area contributed by atoms with Gasteiger partial charge in [0.25, 0.3) is 0 Å². The molecular formula is C16H27N3O. The molecule has 0 saturated heterocycles. The highest BCUT2D eigenvalue weighted by atomic mass is 16.3. The fourth-order valence-corrected chi connectivity index (χ4v) is 3.66.